The van der Waals surface area contributed by atoms with Crippen LogP contribution in [0.4, 0.5) is 5.69 Å². The van der Waals surface area contributed by atoms with Crippen molar-refractivity contribution in [3.8, 4) is 11.1 Å². The van der Waals surface area contributed by atoms with E-state index in [1.54, 1.807) is 5.57 Å². The van der Waals surface area contributed by atoms with Gasteiger partial charge < -0.3 is 5.32 Å². The molecule has 47 heavy (non-hydrogen) atoms. The van der Waals surface area contributed by atoms with E-state index in [2.05, 4.69) is 158 Å². The van der Waals surface area contributed by atoms with E-state index in [9.17, 15) is 0 Å². The van der Waals surface area contributed by atoms with Gasteiger partial charge in [0.2, 0.25) is 0 Å². The van der Waals surface area contributed by atoms with Crippen molar-refractivity contribution in [1.29, 1.82) is 0 Å². The van der Waals surface area contributed by atoms with Crippen LogP contribution >= 0.6 is 0 Å². The lowest BCUT2D eigenvalue weighted by atomic mass is 9.81. The molecular formula is C46H41N. The standard InChI is InChI=1S/C46H41N/c1-2-3-5-16-33-17-8-11-24-45(33)47-38-20-12-18-34(31-38)39-27-28-40(44-22-10-9-21-43(39)44)35-25-26-42-37(29-35)30-36-19-13-23-41(46(36)42)32-14-6-4-7-15-32/h2-7,9-12,14-16,18,20-24,26-29,31,35,47H,8,13,17,19,25,30H2,1H3/b3-2-,16-5-. The summed E-state index contributed by atoms with van der Waals surface area (Å²) >= 11 is 0. The van der Waals surface area contributed by atoms with Crippen molar-refractivity contribution in [2.45, 2.75) is 51.4 Å². The van der Waals surface area contributed by atoms with Crippen molar-refractivity contribution in [2.24, 2.45) is 0 Å². The third-order valence-corrected chi connectivity index (χ3v) is 10.1. The first-order chi connectivity index (χ1) is 23.3. The minimum absolute atomic E-state index is 0.380. The average molecular weight is 608 g/mol. The molecule has 8 rings (SSSR count). The van der Waals surface area contributed by atoms with Crippen molar-refractivity contribution in [3.63, 3.8) is 0 Å². The van der Waals surface area contributed by atoms with E-state index >= 15 is 0 Å². The summed E-state index contributed by atoms with van der Waals surface area (Å²) in [6.07, 6.45) is 27.2. The molecule has 0 heterocycles. The second-order valence-corrected chi connectivity index (χ2v) is 13.0. The highest BCUT2D eigenvalue weighted by molar-refractivity contribution is 5.99. The molecule has 4 aliphatic carbocycles. The monoisotopic (exact) mass is 607 g/mol. The Hall–Kier alpha value is -5.14. The van der Waals surface area contributed by atoms with Crippen molar-refractivity contribution in [1.82, 2.24) is 0 Å². The Balaban J connectivity index is 1.09. The Morgan fingerprint density at radius 3 is 2.49 bits per heavy atom. The highest BCUT2D eigenvalue weighted by Gasteiger charge is 2.32. The number of hydrogen-bond acceptors (Lipinski definition) is 1. The van der Waals surface area contributed by atoms with Crippen LogP contribution in [0.25, 0.3) is 27.5 Å². The first kappa shape index (κ1) is 29.3. The molecule has 0 aromatic heterocycles. The quantitative estimate of drug-likeness (QED) is 0.206. The fourth-order valence-electron chi connectivity index (χ4n) is 7.92. The maximum Gasteiger partial charge on any atom is 0.0413 e. The molecule has 0 aliphatic heterocycles. The largest absolute Gasteiger partial charge is 0.355 e. The van der Waals surface area contributed by atoms with E-state index in [-0.39, 0.29) is 0 Å². The van der Waals surface area contributed by atoms with Crippen LogP contribution in [0, 0.1) is 0 Å². The van der Waals surface area contributed by atoms with Crippen LogP contribution in [0.1, 0.15) is 62.5 Å². The summed E-state index contributed by atoms with van der Waals surface area (Å²) in [7, 11) is 0. The molecule has 0 saturated heterocycles. The van der Waals surface area contributed by atoms with Crippen molar-refractivity contribution >= 4 is 22.0 Å². The summed E-state index contributed by atoms with van der Waals surface area (Å²) < 4.78 is 0. The minimum atomic E-state index is 0.380. The molecule has 0 amide bonds. The number of nitrogens with one attached hydrogen (secondary N) is 1. The zero-order valence-electron chi connectivity index (χ0n) is 27.2. The number of fused-ring (bicyclic) bond motifs is 3. The van der Waals surface area contributed by atoms with Gasteiger partial charge in [-0.25, -0.2) is 0 Å². The molecule has 0 radical (unpaired) electrons. The number of hydrogen-bond donors (Lipinski definition) is 1. The second kappa shape index (κ2) is 12.9. The molecule has 4 aromatic carbocycles. The van der Waals surface area contributed by atoms with Crippen molar-refractivity contribution in [3.05, 3.63) is 190 Å². The molecule has 0 spiro atoms. The number of rotatable bonds is 7. The summed E-state index contributed by atoms with van der Waals surface area (Å²) in [5.74, 6) is 0.380. The van der Waals surface area contributed by atoms with E-state index in [4.69, 9.17) is 0 Å². The van der Waals surface area contributed by atoms with Gasteiger partial charge in [0.15, 0.2) is 0 Å². The van der Waals surface area contributed by atoms with Crippen molar-refractivity contribution < 1.29 is 0 Å². The minimum Gasteiger partial charge on any atom is -0.355 e. The highest BCUT2D eigenvalue weighted by atomic mass is 14.9. The summed E-state index contributed by atoms with van der Waals surface area (Å²) in [6, 6.07) is 33.6. The maximum absolute atomic E-state index is 3.73. The van der Waals surface area contributed by atoms with Crippen LogP contribution in [0.2, 0.25) is 0 Å². The van der Waals surface area contributed by atoms with E-state index in [1.807, 2.05) is 0 Å². The zero-order valence-corrected chi connectivity index (χ0v) is 27.2. The van der Waals surface area contributed by atoms with Crippen LogP contribution in [-0.4, -0.2) is 0 Å². The average Bonchev–Trinajstić information content (AvgIpc) is 3.51. The normalized spacial score (nSPS) is 19.3. The number of anilines is 1. The molecule has 0 saturated carbocycles. The smallest absolute Gasteiger partial charge is 0.0413 e. The van der Waals surface area contributed by atoms with Crippen LogP contribution in [-0.2, 0) is 0 Å². The van der Waals surface area contributed by atoms with E-state index in [1.165, 1.54) is 73.0 Å². The number of allylic oxidation sites excluding steroid dienone is 15. The lowest BCUT2D eigenvalue weighted by Gasteiger charge is -2.23. The summed E-state index contributed by atoms with van der Waals surface area (Å²) in [4.78, 5) is 0. The van der Waals surface area contributed by atoms with Gasteiger partial charge in [0.25, 0.3) is 0 Å². The molecule has 230 valence electrons. The van der Waals surface area contributed by atoms with Gasteiger partial charge in [-0.2, -0.15) is 0 Å². The van der Waals surface area contributed by atoms with Gasteiger partial charge >= 0.3 is 0 Å². The van der Waals surface area contributed by atoms with Crippen LogP contribution < -0.4 is 5.32 Å². The Kier molecular flexibility index (Phi) is 8.05. The molecule has 4 aliphatic rings. The number of benzene rings is 4. The fourth-order valence-corrected chi connectivity index (χ4v) is 7.92. The summed E-state index contributed by atoms with van der Waals surface area (Å²) in [5.41, 5.74) is 16.5. The first-order valence-corrected chi connectivity index (χ1v) is 17.2. The van der Waals surface area contributed by atoms with E-state index in [0.717, 1.165) is 37.8 Å². The van der Waals surface area contributed by atoms with Crippen LogP contribution in [0.5, 0.6) is 0 Å². The fraction of sp³-hybridized carbons (Fsp3) is 0.174. The zero-order chi connectivity index (χ0) is 31.6. The van der Waals surface area contributed by atoms with E-state index in [0.29, 0.717) is 5.92 Å². The van der Waals surface area contributed by atoms with Crippen LogP contribution in [0.15, 0.2) is 179 Å². The van der Waals surface area contributed by atoms with Crippen molar-refractivity contribution in [2.75, 3.05) is 5.32 Å². The Morgan fingerprint density at radius 1 is 0.745 bits per heavy atom. The lowest BCUT2D eigenvalue weighted by Crippen LogP contribution is -2.05. The van der Waals surface area contributed by atoms with Gasteiger partial charge in [-0.3, -0.25) is 0 Å². The molecule has 0 fully saturated rings. The lowest BCUT2D eigenvalue weighted by molar-refractivity contribution is 0.838. The predicted molar refractivity (Wildman–Crippen MR) is 201 cm³/mol. The van der Waals surface area contributed by atoms with Gasteiger partial charge in [-0.15, -0.1) is 0 Å². The van der Waals surface area contributed by atoms with Gasteiger partial charge in [0, 0.05) is 17.3 Å². The Bertz CT molecular complexity index is 2100. The first-order valence-electron chi connectivity index (χ1n) is 17.2. The molecular weight excluding hydrogens is 567 g/mol. The molecule has 0 bridgehead atoms. The second-order valence-electron chi connectivity index (χ2n) is 13.0. The van der Waals surface area contributed by atoms with Gasteiger partial charge in [0.05, 0.1) is 0 Å². The van der Waals surface area contributed by atoms with Crippen LogP contribution in [0.3, 0.4) is 0 Å². The Labute approximate surface area is 279 Å². The summed E-state index contributed by atoms with van der Waals surface area (Å²) in [6.45, 7) is 2.05. The topological polar surface area (TPSA) is 12.0 Å². The van der Waals surface area contributed by atoms with Gasteiger partial charge in [-0.1, -0.05) is 133 Å². The predicted octanol–water partition coefficient (Wildman–Crippen LogP) is 12.6. The SMILES string of the molecule is C/C=C\C=C/C1=C(Nc2cccc(-c3ccc(C4C=C5CC6=C(C5=CC4)C(c4ccccc4)=CCC6)c4ccccc34)c2)C=CCC1. The Morgan fingerprint density at radius 2 is 1.60 bits per heavy atom. The molecule has 4 aromatic rings. The third-order valence-electron chi connectivity index (χ3n) is 10.1. The van der Waals surface area contributed by atoms with Gasteiger partial charge in [0.1, 0.15) is 0 Å². The molecule has 1 nitrogen and oxygen atoms in total. The van der Waals surface area contributed by atoms with E-state index < -0.39 is 0 Å². The summed E-state index contributed by atoms with van der Waals surface area (Å²) in [5, 5.41) is 6.41. The maximum atomic E-state index is 3.73. The third kappa shape index (κ3) is 5.72. The molecule has 1 atom stereocenters. The molecule has 1 heteroatoms. The highest BCUT2D eigenvalue weighted by Crippen LogP contribution is 2.51. The molecule has 1 N–H and O–H groups in total. The molecule has 1 unspecified atom stereocenters. The van der Waals surface area contributed by atoms with Gasteiger partial charge in [-0.05, 0) is 125 Å².